The average Bonchev–Trinajstić information content (AvgIpc) is 2.19. The maximum absolute atomic E-state index is 8.75. The Labute approximate surface area is 88.7 Å². The lowest BCUT2D eigenvalue weighted by molar-refractivity contribution is 0.289. The minimum absolute atomic E-state index is 0.231. The second kappa shape index (κ2) is 6.01. The Balaban J connectivity index is 2.50. The topological polar surface area (TPSA) is 59.1 Å². The number of nitrogens with two attached hydrogens (primary N) is 1. The summed E-state index contributed by atoms with van der Waals surface area (Å²) in [6.45, 7) is 2.85. The summed E-state index contributed by atoms with van der Waals surface area (Å²) in [5.41, 5.74) is 6.51. The molecule has 0 bridgehead atoms. The summed E-state index contributed by atoms with van der Waals surface area (Å²) < 4.78 is 0. The van der Waals surface area contributed by atoms with Gasteiger partial charge in [-0.05, 0) is 18.1 Å². The average molecular weight is 212 g/mol. The summed E-state index contributed by atoms with van der Waals surface area (Å²) >= 11 is 1.68. The van der Waals surface area contributed by atoms with Crippen molar-refractivity contribution in [1.82, 2.24) is 4.98 Å². The van der Waals surface area contributed by atoms with E-state index < -0.39 is 0 Å². The van der Waals surface area contributed by atoms with Crippen molar-refractivity contribution in [3.05, 3.63) is 23.9 Å². The summed E-state index contributed by atoms with van der Waals surface area (Å²) in [6, 6.07) is 3.96. The van der Waals surface area contributed by atoms with Crippen LogP contribution in [0, 0.1) is 0 Å². The van der Waals surface area contributed by atoms with Crippen LogP contribution in [0.2, 0.25) is 0 Å². The number of nitrogens with zero attached hydrogens (tertiary/aromatic N) is 1. The molecule has 78 valence electrons. The molecule has 3 N–H and O–H groups in total. The summed E-state index contributed by atoms with van der Waals surface area (Å²) in [6.07, 6.45) is 2.60. The van der Waals surface area contributed by atoms with Gasteiger partial charge in [-0.2, -0.15) is 0 Å². The molecule has 4 heteroatoms. The molecule has 3 nitrogen and oxygen atoms in total. The smallest absolute Gasteiger partial charge is 0.0962 e. The third kappa shape index (κ3) is 3.65. The quantitative estimate of drug-likeness (QED) is 0.724. The van der Waals surface area contributed by atoms with Gasteiger partial charge < -0.3 is 10.8 Å². The van der Waals surface area contributed by atoms with Crippen LogP contribution in [0.1, 0.15) is 18.9 Å². The van der Waals surface area contributed by atoms with Crippen molar-refractivity contribution in [2.45, 2.75) is 30.2 Å². The lowest BCUT2D eigenvalue weighted by atomic mass is 10.3. The molecular weight excluding hydrogens is 196 g/mol. The van der Waals surface area contributed by atoms with Crippen molar-refractivity contribution in [3.8, 4) is 0 Å². The first-order valence-corrected chi connectivity index (χ1v) is 5.56. The number of thioether (sulfide) groups is 1. The molecule has 1 heterocycles. The third-order valence-corrected chi connectivity index (χ3v) is 3.01. The number of aliphatic hydroxyl groups is 1. The highest BCUT2D eigenvalue weighted by molar-refractivity contribution is 7.99. The van der Waals surface area contributed by atoms with Crippen LogP contribution in [0.15, 0.2) is 23.4 Å². The Morgan fingerprint density at radius 1 is 1.57 bits per heavy atom. The summed E-state index contributed by atoms with van der Waals surface area (Å²) in [5, 5.41) is 10.1. The largest absolute Gasteiger partial charge is 0.396 e. The first-order valence-electron chi connectivity index (χ1n) is 4.68. The number of hydrogen-bond donors (Lipinski definition) is 2. The fraction of sp³-hybridized carbons (Fsp3) is 0.500. The number of aromatic nitrogens is 1. The zero-order valence-corrected chi connectivity index (χ0v) is 9.13. The van der Waals surface area contributed by atoms with E-state index in [4.69, 9.17) is 10.8 Å². The van der Waals surface area contributed by atoms with Crippen molar-refractivity contribution >= 4 is 11.8 Å². The van der Waals surface area contributed by atoms with Gasteiger partial charge in [0.15, 0.2) is 0 Å². The highest BCUT2D eigenvalue weighted by Gasteiger charge is 2.04. The van der Waals surface area contributed by atoms with E-state index in [-0.39, 0.29) is 6.61 Å². The van der Waals surface area contributed by atoms with Crippen molar-refractivity contribution in [2.24, 2.45) is 5.73 Å². The molecule has 1 rings (SSSR count). The molecule has 0 fully saturated rings. The van der Waals surface area contributed by atoms with E-state index >= 15 is 0 Å². The van der Waals surface area contributed by atoms with Gasteiger partial charge in [0.2, 0.25) is 0 Å². The Morgan fingerprint density at radius 2 is 2.36 bits per heavy atom. The molecule has 0 amide bonds. The van der Waals surface area contributed by atoms with Gasteiger partial charge in [-0.1, -0.05) is 13.0 Å². The molecule has 0 saturated heterocycles. The van der Waals surface area contributed by atoms with Crippen LogP contribution in [0.25, 0.3) is 0 Å². The summed E-state index contributed by atoms with van der Waals surface area (Å²) in [4.78, 5) is 4.27. The van der Waals surface area contributed by atoms with E-state index in [0.29, 0.717) is 11.8 Å². The minimum Gasteiger partial charge on any atom is -0.396 e. The fourth-order valence-electron chi connectivity index (χ4n) is 1.05. The van der Waals surface area contributed by atoms with Crippen molar-refractivity contribution in [2.75, 3.05) is 6.61 Å². The molecular formula is C10H16N2OS. The maximum Gasteiger partial charge on any atom is 0.0962 e. The van der Waals surface area contributed by atoms with Crippen LogP contribution in [0.3, 0.4) is 0 Å². The third-order valence-electron chi connectivity index (χ3n) is 1.89. The molecule has 0 aliphatic carbocycles. The molecule has 0 aromatic carbocycles. The van der Waals surface area contributed by atoms with Crippen LogP contribution >= 0.6 is 11.8 Å². The Hall–Kier alpha value is -0.580. The van der Waals surface area contributed by atoms with E-state index in [9.17, 15) is 0 Å². The second-order valence-electron chi connectivity index (χ2n) is 3.15. The SMILES string of the molecule is CC(CCO)Sc1ccc(CN)cn1. The van der Waals surface area contributed by atoms with E-state index in [1.54, 1.807) is 18.0 Å². The van der Waals surface area contributed by atoms with Crippen LogP contribution in [-0.4, -0.2) is 21.9 Å². The molecule has 1 atom stereocenters. The predicted molar refractivity (Wildman–Crippen MR) is 59.2 cm³/mol. The van der Waals surface area contributed by atoms with Gasteiger partial charge >= 0.3 is 0 Å². The van der Waals surface area contributed by atoms with Crippen LogP contribution in [-0.2, 0) is 6.54 Å². The molecule has 0 aliphatic heterocycles. The van der Waals surface area contributed by atoms with E-state index in [1.165, 1.54) is 0 Å². The number of aliphatic hydroxyl groups excluding tert-OH is 1. The Kier molecular flexibility index (Phi) is 4.93. The van der Waals surface area contributed by atoms with Gasteiger partial charge in [-0.3, -0.25) is 0 Å². The van der Waals surface area contributed by atoms with Crippen molar-refractivity contribution in [3.63, 3.8) is 0 Å². The number of rotatable bonds is 5. The fourth-order valence-corrected chi connectivity index (χ4v) is 1.94. The highest BCUT2D eigenvalue weighted by Crippen LogP contribution is 2.22. The van der Waals surface area contributed by atoms with Crippen LogP contribution < -0.4 is 5.73 Å². The van der Waals surface area contributed by atoms with Crippen LogP contribution in [0.5, 0.6) is 0 Å². The minimum atomic E-state index is 0.231. The van der Waals surface area contributed by atoms with Gasteiger partial charge in [-0.15, -0.1) is 11.8 Å². The van der Waals surface area contributed by atoms with Crippen molar-refractivity contribution in [1.29, 1.82) is 0 Å². The monoisotopic (exact) mass is 212 g/mol. The molecule has 0 spiro atoms. The molecule has 0 saturated carbocycles. The van der Waals surface area contributed by atoms with Crippen molar-refractivity contribution < 1.29 is 5.11 Å². The summed E-state index contributed by atoms with van der Waals surface area (Å²) in [5.74, 6) is 0. The first-order chi connectivity index (χ1) is 6.76. The standard InChI is InChI=1S/C10H16N2OS/c1-8(4-5-13)14-10-3-2-9(6-11)7-12-10/h2-3,7-8,13H,4-6,11H2,1H3. The van der Waals surface area contributed by atoms with Gasteiger partial charge in [0.05, 0.1) is 5.03 Å². The second-order valence-corrected chi connectivity index (χ2v) is 4.61. The zero-order valence-electron chi connectivity index (χ0n) is 8.31. The molecule has 1 aromatic heterocycles. The van der Waals surface area contributed by atoms with E-state index in [2.05, 4.69) is 11.9 Å². The van der Waals surface area contributed by atoms with Gasteiger partial charge in [0, 0.05) is 24.6 Å². The van der Waals surface area contributed by atoms with E-state index in [1.807, 2.05) is 12.1 Å². The lowest BCUT2D eigenvalue weighted by Gasteiger charge is -2.08. The maximum atomic E-state index is 8.75. The molecule has 0 aliphatic rings. The molecule has 1 unspecified atom stereocenters. The lowest BCUT2D eigenvalue weighted by Crippen LogP contribution is -2.01. The normalized spacial score (nSPS) is 12.8. The first kappa shape index (κ1) is 11.5. The predicted octanol–water partition coefficient (Wildman–Crippen LogP) is 1.40. The number of hydrogen-bond acceptors (Lipinski definition) is 4. The van der Waals surface area contributed by atoms with Gasteiger partial charge in [0.1, 0.15) is 0 Å². The van der Waals surface area contributed by atoms with Gasteiger partial charge in [0.25, 0.3) is 0 Å². The zero-order chi connectivity index (χ0) is 10.4. The number of pyridine rings is 1. The molecule has 1 aromatic rings. The van der Waals surface area contributed by atoms with Gasteiger partial charge in [-0.25, -0.2) is 4.98 Å². The Morgan fingerprint density at radius 3 is 2.86 bits per heavy atom. The molecule has 0 radical (unpaired) electrons. The Bertz CT molecular complexity index is 263. The van der Waals surface area contributed by atoms with Crippen LogP contribution in [0.4, 0.5) is 0 Å². The molecule has 14 heavy (non-hydrogen) atoms. The highest BCUT2D eigenvalue weighted by atomic mass is 32.2. The van der Waals surface area contributed by atoms with E-state index in [0.717, 1.165) is 17.0 Å². The summed E-state index contributed by atoms with van der Waals surface area (Å²) in [7, 11) is 0.